The third-order valence-electron chi connectivity index (χ3n) is 15.3. The number of carbonyl (C=O) groups excluding carboxylic acids is 1. The van der Waals surface area contributed by atoms with Crippen LogP contribution in [0.25, 0.3) is 0 Å². The lowest BCUT2D eigenvalue weighted by Gasteiger charge is -2.40. The molecule has 1 aliphatic rings. The van der Waals surface area contributed by atoms with E-state index >= 15 is 0 Å². The number of unbranched alkanes of at least 4 members (excludes halogenated alkanes) is 27. The molecule has 9 nitrogen and oxygen atoms in total. The lowest BCUT2D eigenvalue weighted by Crippen LogP contribution is -2.60. The highest BCUT2D eigenvalue weighted by molar-refractivity contribution is 5.76. The van der Waals surface area contributed by atoms with Gasteiger partial charge in [-0.15, -0.1) is 0 Å². The number of rotatable bonds is 57. The minimum atomic E-state index is -1.56. The van der Waals surface area contributed by atoms with E-state index in [9.17, 15) is 30.3 Å². The summed E-state index contributed by atoms with van der Waals surface area (Å²) >= 11 is 0. The zero-order chi connectivity index (χ0) is 59.3. The molecule has 0 aromatic carbocycles. The van der Waals surface area contributed by atoms with Crippen LogP contribution in [0, 0.1) is 0 Å². The number of ether oxygens (including phenoxy) is 2. The van der Waals surface area contributed by atoms with Gasteiger partial charge in [0.25, 0.3) is 0 Å². The Morgan fingerprint density at radius 3 is 1.12 bits per heavy atom. The van der Waals surface area contributed by atoms with E-state index in [2.05, 4.69) is 141 Å². The van der Waals surface area contributed by atoms with Crippen LogP contribution in [0.4, 0.5) is 0 Å². The maximum Gasteiger partial charge on any atom is 0.220 e. The van der Waals surface area contributed by atoms with Crippen LogP contribution in [0.15, 0.2) is 122 Å². The van der Waals surface area contributed by atoms with Gasteiger partial charge in [0.1, 0.15) is 24.4 Å². The first-order valence-corrected chi connectivity index (χ1v) is 33.7. The molecule has 1 aliphatic heterocycles. The Balaban J connectivity index is 2.13. The average Bonchev–Trinajstić information content (AvgIpc) is 3.57. The topological polar surface area (TPSA) is 149 Å². The molecule has 0 spiro atoms. The van der Waals surface area contributed by atoms with Crippen molar-refractivity contribution in [2.75, 3.05) is 13.2 Å². The molecular weight excluding hydrogens is 1020 g/mol. The van der Waals surface area contributed by atoms with E-state index in [-0.39, 0.29) is 12.5 Å². The molecule has 1 rings (SSSR count). The molecule has 1 amide bonds. The number of aliphatic hydroxyl groups is 5. The van der Waals surface area contributed by atoms with Gasteiger partial charge in [-0.1, -0.05) is 302 Å². The number of aliphatic hydroxyl groups excluding tert-OH is 5. The summed E-state index contributed by atoms with van der Waals surface area (Å²) in [6.07, 6.45) is 83.9. The van der Waals surface area contributed by atoms with Gasteiger partial charge in [0.2, 0.25) is 5.91 Å². The second-order valence-electron chi connectivity index (χ2n) is 22.9. The summed E-state index contributed by atoms with van der Waals surface area (Å²) in [5.41, 5.74) is 0. The van der Waals surface area contributed by atoms with Gasteiger partial charge in [-0.3, -0.25) is 4.79 Å². The van der Waals surface area contributed by atoms with Crippen molar-refractivity contribution in [2.45, 2.75) is 320 Å². The Bertz CT molecular complexity index is 1710. The number of nitrogens with one attached hydrogen (secondary N) is 1. The number of allylic oxidation sites excluding steroid dienone is 20. The van der Waals surface area contributed by atoms with Crippen molar-refractivity contribution >= 4 is 5.91 Å². The van der Waals surface area contributed by atoms with Crippen molar-refractivity contribution in [3.63, 3.8) is 0 Å². The summed E-state index contributed by atoms with van der Waals surface area (Å²) in [5, 5.41) is 54.8. The molecule has 1 heterocycles. The van der Waals surface area contributed by atoms with Gasteiger partial charge < -0.3 is 40.3 Å². The summed E-state index contributed by atoms with van der Waals surface area (Å²) in [5.74, 6) is -0.151. The zero-order valence-electron chi connectivity index (χ0n) is 52.5. The van der Waals surface area contributed by atoms with Gasteiger partial charge in [-0.2, -0.15) is 0 Å². The molecule has 6 N–H and O–H groups in total. The van der Waals surface area contributed by atoms with Crippen LogP contribution in [0.1, 0.15) is 277 Å². The highest BCUT2D eigenvalue weighted by Gasteiger charge is 2.44. The Labute approximate surface area is 503 Å². The van der Waals surface area contributed by atoms with Crippen LogP contribution in [0.5, 0.6) is 0 Å². The molecule has 0 saturated carbocycles. The Morgan fingerprint density at radius 1 is 0.427 bits per heavy atom. The zero-order valence-corrected chi connectivity index (χ0v) is 52.5. The fourth-order valence-electron chi connectivity index (χ4n) is 10.1. The predicted octanol–water partition coefficient (Wildman–Crippen LogP) is 18.2. The van der Waals surface area contributed by atoms with Crippen LogP contribution >= 0.6 is 0 Å². The molecule has 0 bridgehead atoms. The van der Waals surface area contributed by atoms with Crippen LogP contribution < -0.4 is 5.32 Å². The summed E-state index contributed by atoms with van der Waals surface area (Å²) in [6.45, 7) is 3.74. The molecule has 0 aliphatic carbocycles. The van der Waals surface area contributed by atoms with Crippen LogP contribution in [-0.2, 0) is 14.3 Å². The SMILES string of the molecule is CC/C=C\C/C=C\C/C=C\C/C=C\C/C=C\C/C=C\C/C=C\C/C=C\C/C=C\C/C=C\CCCCCCCCCCCCC(=O)NC(COC1OC(CO)C(O)C(O)C1O)C(O)CCCCCCCCCCCCCCCCCCCC. The quantitative estimate of drug-likeness (QED) is 0.0261. The monoisotopic (exact) mass is 1140 g/mol. The van der Waals surface area contributed by atoms with Crippen molar-refractivity contribution < 1.29 is 39.8 Å². The van der Waals surface area contributed by atoms with Crippen molar-refractivity contribution in [2.24, 2.45) is 0 Å². The lowest BCUT2D eigenvalue weighted by atomic mass is 9.99. The van der Waals surface area contributed by atoms with Gasteiger partial charge in [-0.25, -0.2) is 0 Å². The van der Waals surface area contributed by atoms with E-state index in [4.69, 9.17) is 9.47 Å². The maximum absolute atomic E-state index is 13.1. The Hall–Kier alpha value is -3.41. The molecular formula is C73H125NO8. The van der Waals surface area contributed by atoms with Crippen LogP contribution in [0.3, 0.4) is 0 Å². The first-order chi connectivity index (χ1) is 40.3. The van der Waals surface area contributed by atoms with Crippen molar-refractivity contribution in [3.05, 3.63) is 122 Å². The second-order valence-corrected chi connectivity index (χ2v) is 22.9. The normalized spacial score (nSPS) is 19.1. The lowest BCUT2D eigenvalue weighted by molar-refractivity contribution is -0.302. The van der Waals surface area contributed by atoms with Crippen LogP contribution in [0.2, 0.25) is 0 Å². The third-order valence-corrected chi connectivity index (χ3v) is 15.3. The first-order valence-electron chi connectivity index (χ1n) is 33.7. The summed E-state index contributed by atoms with van der Waals surface area (Å²) in [6, 6.07) is -0.729. The largest absolute Gasteiger partial charge is 0.394 e. The maximum atomic E-state index is 13.1. The molecule has 9 heteroatoms. The highest BCUT2D eigenvalue weighted by atomic mass is 16.7. The molecule has 1 fully saturated rings. The average molecular weight is 1140 g/mol. The molecule has 0 aromatic heterocycles. The standard InChI is InChI=1S/C73H125NO8/c1-3-5-7-9-11-13-15-17-19-21-23-24-25-26-27-28-29-30-31-32-33-34-35-36-37-38-39-40-41-42-43-44-45-47-49-51-53-55-57-59-61-63-69(77)74-66(65-81-73-72(80)71(79)70(78)68(64-75)82-73)67(76)62-60-58-56-54-52-50-48-46-22-20-18-16-14-12-10-8-6-4-2/h5,7,11,13,17,19,23-24,26-27,29-30,32-33,35-36,38-39,41-42,66-68,70-73,75-76,78-80H,3-4,6,8-10,12,14-16,18,20-22,25,28,31,34,37,40,43-65H2,1-2H3,(H,74,77)/b7-5-,13-11-,19-17-,24-23-,27-26-,30-29-,33-32-,36-35-,39-38-,42-41-. The summed E-state index contributed by atoms with van der Waals surface area (Å²) < 4.78 is 11.3. The summed E-state index contributed by atoms with van der Waals surface area (Å²) in [4.78, 5) is 13.1. The van der Waals surface area contributed by atoms with Gasteiger partial charge in [0, 0.05) is 6.42 Å². The number of hydrogen-bond acceptors (Lipinski definition) is 8. The van der Waals surface area contributed by atoms with Gasteiger partial charge >= 0.3 is 0 Å². The highest BCUT2D eigenvalue weighted by Crippen LogP contribution is 2.23. The molecule has 82 heavy (non-hydrogen) atoms. The Morgan fingerprint density at radius 2 is 0.756 bits per heavy atom. The molecule has 0 radical (unpaired) electrons. The minimum Gasteiger partial charge on any atom is -0.394 e. The fraction of sp³-hybridized carbons (Fsp3) is 0.712. The number of amides is 1. The van der Waals surface area contributed by atoms with Crippen molar-refractivity contribution in [3.8, 4) is 0 Å². The third kappa shape index (κ3) is 48.9. The van der Waals surface area contributed by atoms with Crippen molar-refractivity contribution in [1.82, 2.24) is 5.32 Å². The fourth-order valence-corrected chi connectivity index (χ4v) is 10.1. The van der Waals surface area contributed by atoms with E-state index in [1.165, 1.54) is 141 Å². The van der Waals surface area contributed by atoms with E-state index in [1.807, 2.05) is 0 Å². The van der Waals surface area contributed by atoms with E-state index in [0.29, 0.717) is 12.8 Å². The molecule has 7 unspecified atom stereocenters. The van der Waals surface area contributed by atoms with E-state index in [0.717, 1.165) is 109 Å². The number of hydrogen-bond donors (Lipinski definition) is 6. The van der Waals surface area contributed by atoms with Gasteiger partial charge in [0.15, 0.2) is 6.29 Å². The Kier molecular flexibility index (Phi) is 56.7. The summed E-state index contributed by atoms with van der Waals surface area (Å²) in [7, 11) is 0. The predicted molar refractivity (Wildman–Crippen MR) is 350 cm³/mol. The number of carbonyl (C=O) groups is 1. The van der Waals surface area contributed by atoms with E-state index < -0.39 is 49.5 Å². The second kappa shape index (κ2) is 60.7. The molecule has 1 saturated heterocycles. The van der Waals surface area contributed by atoms with Crippen molar-refractivity contribution in [1.29, 1.82) is 0 Å². The molecule has 0 aromatic rings. The smallest absolute Gasteiger partial charge is 0.220 e. The van der Waals surface area contributed by atoms with E-state index in [1.54, 1.807) is 0 Å². The van der Waals surface area contributed by atoms with Crippen LogP contribution in [-0.4, -0.2) is 87.5 Å². The molecule has 7 atom stereocenters. The van der Waals surface area contributed by atoms with Gasteiger partial charge in [0.05, 0.1) is 25.4 Å². The minimum absolute atomic E-state index is 0.144. The van der Waals surface area contributed by atoms with Gasteiger partial charge in [-0.05, 0) is 89.9 Å². The molecule has 470 valence electrons. The first kappa shape index (κ1) is 76.6.